The van der Waals surface area contributed by atoms with Crippen LogP contribution in [-0.2, 0) is 22.6 Å². The van der Waals surface area contributed by atoms with Crippen LogP contribution in [0.4, 0.5) is 4.79 Å². The van der Waals surface area contributed by atoms with E-state index in [0.717, 1.165) is 17.1 Å². The van der Waals surface area contributed by atoms with E-state index in [2.05, 4.69) is 26.6 Å². The van der Waals surface area contributed by atoms with E-state index >= 15 is 0 Å². The highest BCUT2D eigenvalue weighted by molar-refractivity contribution is 5.93. The number of allylic oxidation sites excluding steroid dienone is 2. The van der Waals surface area contributed by atoms with Gasteiger partial charge >= 0.3 is 6.09 Å². The van der Waals surface area contributed by atoms with Crippen molar-refractivity contribution in [1.82, 2.24) is 24.7 Å². The van der Waals surface area contributed by atoms with Gasteiger partial charge in [-0.15, -0.1) is 0 Å². The third-order valence-corrected chi connectivity index (χ3v) is 5.89. The van der Waals surface area contributed by atoms with Crippen molar-refractivity contribution in [3.05, 3.63) is 83.6 Å². The van der Waals surface area contributed by atoms with E-state index < -0.39 is 5.60 Å². The molecular formula is C29H38N6O3. The smallest absolute Gasteiger partial charge is 0.410 e. The van der Waals surface area contributed by atoms with Crippen molar-refractivity contribution in [2.24, 2.45) is 4.99 Å². The van der Waals surface area contributed by atoms with Gasteiger partial charge in [-0.1, -0.05) is 18.2 Å². The molecule has 0 aromatic carbocycles. The molecule has 3 rings (SSSR count). The first-order chi connectivity index (χ1) is 18.1. The van der Waals surface area contributed by atoms with Gasteiger partial charge in [0.05, 0.1) is 17.1 Å². The summed E-state index contributed by atoms with van der Waals surface area (Å²) >= 11 is 0. The molecule has 0 unspecified atom stereocenters. The summed E-state index contributed by atoms with van der Waals surface area (Å²) in [6, 6.07) is 11.7. The zero-order valence-electron chi connectivity index (χ0n) is 22.8. The Labute approximate surface area is 225 Å². The molecule has 2 aromatic rings. The highest BCUT2D eigenvalue weighted by Crippen LogP contribution is 2.14. The van der Waals surface area contributed by atoms with Crippen molar-refractivity contribution < 1.29 is 14.3 Å². The van der Waals surface area contributed by atoms with Gasteiger partial charge in [0.25, 0.3) is 0 Å². The number of amides is 2. The molecular weight excluding hydrogens is 480 g/mol. The average Bonchev–Trinajstić information content (AvgIpc) is 2.90. The summed E-state index contributed by atoms with van der Waals surface area (Å²) in [7, 11) is 0. The molecule has 9 heteroatoms. The Balaban J connectivity index is 1.63. The van der Waals surface area contributed by atoms with Gasteiger partial charge < -0.3 is 14.5 Å². The van der Waals surface area contributed by atoms with Crippen LogP contribution in [0.15, 0.2) is 77.2 Å². The predicted molar refractivity (Wildman–Crippen MR) is 148 cm³/mol. The molecule has 9 nitrogen and oxygen atoms in total. The largest absolute Gasteiger partial charge is 0.444 e. The van der Waals surface area contributed by atoms with Crippen LogP contribution in [0, 0.1) is 0 Å². The Morgan fingerprint density at radius 3 is 2.00 bits per heavy atom. The van der Waals surface area contributed by atoms with E-state index in [0.29, 0.717) is 51.4 Å². The van der Waals surface area contributed by atoms with Gasteiger partial charge in [-0.25, -0.2) is 4.79 Å². The number of carbonyl (C=O) groups excluding carboxylic acids is 2. The molecule has 0 N–H and O–H groups in total. The van der Waals surface area contributed by atoms with E-state index in [4.69, 9.17) is 4.74 Å². The first-order valence-electron chi connectivity index (χ1n) is 12.8. The fourth-order valence-electron chi connectivity index (χ4n) is 3.95. The molecule has 202 valence electrons. The summed E-state index contributed by atoms with van der Waals surface area (Å²) in [5, 5.41) is 0. The molecule has 0 bridgehead atoms. The summed E-state index contributed by atoms with van der Waals surface area (Å²) in [6.07, 6.45) is 6.83. The first-order valence-corrected chi connectivity index (χ1v) is 12.8. The fourth-order valence-corrected chi connectivity index (χ4v) is 3.95. The van der Waals surface area contributed by atoms with Crippen molar-refractivity contribution in [1.29, 1.82) is 0 Å². The van der Waals surface area contributed by atoms with Crippen LogP contribution in [0.5, 0.6) is 0 Å². The number of pyridine rings is 2. The Bertz CT molecular complexity index is 1090. The minimum Gasteiger partial charge on any atom is -0.444 e. The van der Waals surface area contributed by atoms with Crippen molar-refractivity contribution in [2.75, 3.05) is 32.7 Å². The molecule has 38 heavy (non-hydrogen) atoms. The number of ether oxygens (including phenoxy) is 1. The van der Waals surface area contributed by atoms with Crippen LogP contribution in [0.3, 0.4) is 0 Å². The number of carbonyl (C=O) groups is 2. The lowest BCUT2D eigenvalue weighted by Gasteiger charge is -2.35. The van der Waals surface area contributed by atoms with E-state index in [1.54, 1.807) is 35.2 Å². The van der Waals surface area contributed by atoms with Gasteiger partial charge in [0.1, 0.15) is 5.60 Å². The second kappa shape index (κ2) is 13.6. The molecule has 0 radical (unpaired) electrons. The number of aromatic nitrogens is 2. The predicted octanol–water partition coefficient (Wildman–Crippen LogP) is 4.09. The Morgan fingerprint density at radius 2 is 1.53 bits per heavy atom. The van der Waals surface area contributed by atoms with Gasteiger partial charge in [-0.3, -0.25) is 24.7 Å². The van der Waals surface area contributed by atoms with Gasteiger partial charge in [-0.2, -0.15) is 0 Å². The zero-order chi connectivity index (χ0) is 27.5. The van der Waals surface area contributed by atoms with Crippen molar-refractivity contribution >= 4 is 18.7 Å². The van der Waals surface area contributed by atoms with Crippen LogP contribution in [0.1, 0.15) is 39.1 Å². The highest BCUT2D eigenvalue weighted by Gasteiger charge is 2.28. The number of rotatable bonds is 9. The van der Waals surface area contributed by atoms with E-state index in [1.807, 2.05) is 63.2 Å². The number of piperazine rings is 1. The van der Waals surface area contributed by atoms with Crippen LogP contribution in [0.2, 0.25) is 0 Å². The highest BCUT2D eigenvalue weighted by atomic mass is 16.6. The number of nitrogens with zero attached hydrogens (tertiary/aromatic N) is 6. The SMILES string of the molecule is C=N/C(=C\C=C(/C)C(=O)N1CCN(C(=O)OC(C)(C)C)CC1)CN(Cc1ccccn1)Cc1ccccn1. The first kappa shape index (κ1) is 28.7. The molecule has 1 fully saturated rings. The number of hydrogen-bond acceptors (Lipinski definition) is 7. The maximum atomic E-state index is 13.0. The maximum Gasteiger partial charge on any atom is 0.410 e. The van der Waals surface area contributed by atoms with Crippen LogP contribution in [0.25, 0.3) is 0 Å². The summed E-state index contributed by atoms with van der Waals surface area (Å²) in [5.74, 6) is -0.0627. The van der Waals surface area contributed by atoms with E-state index in [9.17, 15) is 9.59 Å². The topological polar surface area (TPSA) is 91.2 Å². The summed E-state index contributed by atoms with van der Waals surface area (Å²) in [4.78, 5) is 44.0. The Hall–Kier alpha value is -3.85. The summed E-state index contributed by atoms with van der Waals surface area (Å²) in [6.45, 7) is 14.6. The number of aliphatic imine (C=N–C) groups is 1. The molecule has 3 heterocycles. The lowest BCUT2D eigenvalue weighted by Crippen LogP contribution is -2.51. The lowest BCUT2D eigenvalue weighted by atomic mass is 10.2. The molecule has 0 saturated carbocycles. The lowest BCUT2D eigenvalue weighted by molar-refractivity contribution is -0.128. The van der Waals surface area contributed by atoms with Gasteiger partial charge in [0, 0.05) is 63.8 Å². The molecule has 1 aliphatic heterocycles. The Kier molecular flexibility index (Phi) is 10.3. The number of hydrogen-bond donors (Lipinski definition) is 0. The molecule has 1 aliphatic rings. The third kappa shape index (κ3) is 9.23. The van der Waals surface area contributed by atoms with Crippen LogP contribution >= 0.6 is 0 Å². The maximum absolute atomic E-state index is 13.0. The zero-order valence-corrected chi connectivity index (χ0v) is 22.8. The van der Waals surface area contributed by atoms with Crippen molar-refractivity contribution in [2.45, 2.75) is 46.4 Å². The Morgan fingerprint density at radius 1 is 0.974 bits per heavy atom. The molecule has 0 aliphatic carbocycles. The average molecular weight is 519 g/mol. The van der Waals surface area contributed by atoms with Gasteiger partial charge in [-0.05, 0) is 64.8 Å². The minimum atomic E-state index is -0.544. The van der Waals surface area contributed by atoms with E-state index in [1.165, 1.54) is 0 Å². The second-order valence-corrected chi connectivity index (χ2v) is 10.2. The summed E-state index contributed by atoms with van der Waals surface area (Å²) < 4.78 is 5.44. The van der Waals surface area contributed by atoms with Crippen LogP contribution in [-0.4, -0.2) is 81.7 Å². The fraction of sp³-hybridized carbons (Fsp3) is 0.414. The van der Waals surface area contributed by atoms with Crippen molar-refractivity contribution in [3.63, 3.8) is 0 Å². The molecule has 0 spiro atoms. The standard InChI is InChI=1S/C29H38N6O3/c1-23(27(36)34-16-18-35(19-17-34)28(37)38-29(2,3)4)12-13-24(30-5)20-33(21-25-10-6-8-14-31-25)22-26-11-7-9-15-32-26/h6-15H,5,16-22H2,1-4H3/b23-12+,24-13-. The van der Waals surface area contributed by atoms with Crippen molar-refractivity contribution in [3.8, 4) is 0 Å². The van der Waals surface area contributed by atoms with E-state index in [-0.39, 0.29) is 12.0 Å². The molecule has 0 atom stereocenters. The van der Waals surface area contributed by atoms with Gasteiger partial charge in [0.15, 0.2) is 0 Å². The molecule has 1 saturated heterocycles. The quantitative estimate of drug-likeness (QED) is 0.282. The van der Waals surface area contributed by atoms with Crippen LogP contribution < -0.4 is 0 Å². The molecule has 2 aromatic heterocycles. The van der Waals surface area contributed by atoms with Gasteiger partial charge in [0.2, 0.25) is 5.91 Å². The minimum absolute atomic E-state index is 0.0627. The second-order valence-electron chi connectivity index (χ2n) is 10.2. The molecule has 2 amide bonds. The third-order valence-electron chi connectivity index (χ3n) is 5.89. The summed E-state index contributed by atoms with van der Waals surface area (Å²) in [5.41, 5.74) is 2.67. The normalized spacial score (nSPS) is 15.0. The monoisotopic (exact) mass is 518 g/mol.